The Morgan fingerprint density at radius 2 is 2.06 bits per heavy atom. The molecule has 0 amide bonds. The first-order valence-corrected chi connectivity index (χ1v) is 6.49. The molecule has 1 saturated carbocycles. The Balaban J connectivity index is 2.50. The van der Waals surface area contributed by atoms with Crippen molar-refractivity contribution in [2.75, 3.05) is 13.7 Å². The molecule has 2 nitrogen and oxygen atoms in total. The third-order valence-corrected chi connectivity index (χ3v) is 4.00. The normalized spacial score (nSPS) is 27.1. The number of ketones is 1. The van der Waals surface area contributed by atoms with Gasteiger partial charge >= 0.3 is 0 Å². The van der Waals surface area contributed by atoms with Crippen LogP contribution in [0.4, 0.5) is 0 Å². The molecule has 0 saturated heterocycles. The van der Waals surface area contributed by atoms with Crippen LogP contribution in [-0.2, 0) is 9.53 Å². The van der Waals surface area contributed by atoms with E-state index >= 15 is 0 Å². The quantitative estimate of drug-likeness (QED) is 0.671. The number of hydrogen-bond donors (Lipinski definition) is 0. The topological polar surface area (TPSA) is 26.3 Å². The summed E-state index contributed by atoms with van der Waals surface area (Å²) in [7, 11) is 1.74. The fourth-order valence-corrected chi connectivity index (χ4v) is 2.87. The van der Waals surface area contributed by atoms with E-state index in [-0.39, 0.29) is 11.3 Å². The van der Waals surface area contributed by atoms with Gasteiger partial charge in [-0.25, -0.2) is 0 Å². The summed E-state index contributed by atoms with van der Waals surface area (Å²) in [5.41, 5.74) is 0.149. The summed E-state index contributed by atoms with van der Waals surface area (Å²) in [5.74, 6) is 1.36. The van der Waals surface area contributed by atoms with Crippen LogP contribution < -0.4 is 0 Å². The molecule has 1 aliphatic rings. The van der Waals surface area contributed by atoms with Gasteiger partial charge in [0.15, 0.2) is 0 Å². The van der Waals surface area contributed by atoms with Crippen molar-refractivity contribution in [3.8, 4) is 0 Å². The van der Waals surface area contributed by atoms with Crippen molar-refractivity contribution in [3.05, 3.63) is 0 Å². The van der Waals surface area contributed by atoms with Crippen LogP contribution in [0.15, 0.2) is 0 Å². The maximum absolute atomic E-state index is 12.1. The van der Waals surface area contributed by atoms with Gasteiger partial charge in [0.05, 0.1) is 0 Å². The Bertz CT molecular complexity index is 233. The monoisotopic (exact) mass is 226 g/mol. The Morgan fingerprint density at radius 1 is 1.38 bits per heavy atom. The van der Waals surface area contributed by atoms with Crippen molar-refractivity contribution in [3.63, 3.8) is 0 Å². The van der Waals surface area contributed by atoms with Crippen molar-refractivity contribution in [1.82, 2.24) is 0 Å². The highest BCUT2D eigenvalue weighted by Crippen LogP contribution is 2.40. The van der Waals surface area contributed by atoms with Gasteiger partial charge in [0, 0.05) is 26.1 Å². The predicted octanol–water partition coefficient (Wildman–Crippen LogP) is 3.44. The van der Waals surface area contributed by atoms with Crippen LogP contribution in [0.1, 0.15) is 52.9 Å². The molecule has 0 bridgehead atoms. The SMILES string of the molecule is COCCCC(C)(C)C1CCC(C)CC1=O. The van der Waals surface area contributed by atoms with Crippen molar-refractivity contribution >= 4 is 5.78 Å². The predicted molar refractivity (Wildman–Crippen MR) is 66.4 cm³/mol. The van der Waals surface area contributed by atoms with E-state index in [0.29, 0.717) is 11.7 Å². The number of methoxy groups -OCH3 is 1. The number of rotatable bonds is 5. The molecule has 0 aliphatic heterocycles. The third-order valence-electron chi connectivity index (χ3n) is 4.00. The van der Waals surface area contributed by atoms with Crippen molar-refractivity contribution in [2.24, 2.45) is 17.3 Å². The second-order valence-corrected chi connectivity index (χ2v) is 5.99. The molecule has 2 unspecified atom stereocenters. The van der Waals surface area contributed by atoms with Gasteiger partial charge in [-0.15, -0.1) is 0 Å². The van der Waals surface area contributed by atoms with Gasteiger partial charge in [-0.2, -0.15) is 0 Å². The molecular formula is C14H26O2. The van der Waals surface area contributed by atoms with Gasteiger partial charge in [-0.05, 0) is 37.0 Å². The molecule has 1 aliphatic carbocycles. The number of hydrogen-bond acceptors (Lipinski definition) is 2. The summed E-state index contributed by atoms with van der Waals surface area (Å²) >= 11 is 0. The van der Waals surface area contributed by atoms with Gasteiger partial charge in [0.25, 0.3) is 0 Å². The second kappa shape index (κ2) is 5.81. The molecule has 0 radical (unpaired) electrons. The fraction of sp³-hybridized carbons (Fsp3) is 0.929. The lowest BCUT2D eigenvalue weighted by Gasteiger charge is -2.37. The number of ether oxygens (including phenoxy) is 1. The molecule has 1 fully saturated rings. The first-order valence-electron chi connectivity index (χ1n) is 6.49. The Morgan fingerprint density at radius 3 is 2.62 bits per heavy atom. The van der Waals surface area contributed by atoms with Crippen LogP contribution in [0.5, 0.6) is 0 Å². The lowest BCUT2D eigenvalue weighted by molar-refractivity contribution is -0.130. The fourth-order valence-electron chi connectivity index (χ4n) is 2.87. The molecule has 0 N–H and O–H groups in total. The second-order valence-electron chi connectivity index (χ2n) is 5.99. The smallest absolute Gasteiger partial charge is 0.136 e. The van der Waals surface area contributed by atoms with Crippen LogP contribution in [0.2, 0.25) is 0 Å². The summed E-state index contributed by atoms with van der Waals surface area (Å²) < 4.78 is 5.08. The largest absolute Gasteiger partial charge is 0.385 e. The van der Waals surface area contributed by atoms with Crippen molar-refractivity contribution in [2.45, 2.75) is 52.9 Å². The molecule has 2 atom stereocenters. The minimum Gasteiger partial charge on any atom is -0.385 e. The van der Waals surface area contributed by atoms with E-state index < -0.39 is 0 Å². The number of Topliss-reactive ketones (excluding diaryl/α,β-unsaturated/α-hetero) is 1. The van der Waals surface area contributed by atoms with Gasteiger partial charge in [0.2, 0.25) is 0 Å². The highest BCUT2D eigenvalue weighted by atomic mass is 16.5. The van der Waals surface area contributed by atoms with E-state index in [1.807, 2.05) is 0 Å². The van der Waals surface area contributed by atoms with Gasteiger partial charge in [-0.1, -0.05) is 20.8 Å². The maximum Gasteiger partial charge on any atom is 0.136 e. The molecule has 0 heterocycles. The van der Waals surface area contributed by atoms with E-state index in [1.165, 1.54) is 6.42 Å². The molecule has 2 heteroatoms. The first-order chi connectivity index (χ1) is 7.47. The molecule has 0 aromatic rings. The van der Waals surface area contributed by atoms with Crippen LogP contribution in [0, 0.1) is 17.3 Å². The maximum atomic E-state index is 12.1. The molecule has 1 rings (SSSR count). The molecule has 0 spiro atoms. The molecule has 0 aromatic carbocycles. The zero-order chi connectivity index (χ0) is 12.2. The third kappa shape index (κ3) is 3.58. The first kappa shape index (κ1) is 13.7. The van der Waals surface area contributed by atoms with Crippen LogP contribution in [0.25, 0.3) is 0 Å². The minimum absolute atomic E-state index is 0.149. The lowest BCUT2D eigenvalue weighted by atomic mass is 9.66. The van der Waals surface area contributed by atoms with E-state index in [1.54, 1.807) is 7.11 Å². The van der Waals surface area contributed by atoms with E-state index in [0.717, 1.165) is 32.3 Å². The molecule has 16 heavy (non-hydrogen) atoms. The Kier molecular flexibility index (Phi) is 4.97. The van der Waals surface area contributed by atoms with E-state index in [2.05, 4.69) is 20.8 Å². The van der Waals surface area contributed by atoms with E-state index in [9.17, 15) is 4.79 Å². The number of carbonyl (C=O) groups is 1. The number of carbonyl (C=O) groups excluding carboxylic acids is 1. The summed E-state index contributed by atoms with van der Waals surface area (Å²) in [6.45, 7) is 7.47. The average molecular weight is 226 g/mol. The highest BCUT2D eigenvalue weighted by molar-refractivity contribution is 5.82. The zero-order valence-corrected chi connectivity index (χ0v) is 11.2. The van der Waals surface area contributed by atoms with Crippen LogP contribution in [-0.4, -0.2) is 19.5 Å². The van der Waals surface area contributed by atoms with Crippen molar-refractivity contribution in [1.29, 1.82) is 0 Å². The minimum atomic E-state index is 0.149. The summed E-state index contributed by atoms with van der Waals surface area (Å²) in [6, 6.07) is 0. The van der Waals surface area contributed by atoms with E-state index in [4.69, 9.17) is 4.74 Å². The molecular weight excluding hydrogens is 200 g/mol. The van der Waals surface area contributed by atoms with Gasteiger partial charge in [0.1, 0.15) is 5.78 Å². The molecule has 0 aromatic heterocycles. The van der Waals surface area contributed by atoms with Crippen LogP contribution in [0.3, 0.4) is 0 Å². The van der Waals surface area contributed by atoms with Crippen molar-refractivity contribution < 1.29 is 9.53 Å². The van der Waals surface area contributed by atoms with Gasteiger partial charge < -0.3 is 4.74 Å². The van der Waals surface area contributed by atoms with Crippen LogP contribution >= 0.6 is 0 Å². The standard InChI is InChI=1S/C14H26O2/c1-11-6-7-12(13(15)10-11)14(2,3)8-5-9-16-4/h11-12H,5-10H2,1-4H3. The highest BCUT2D eigenvalue weighted by Gasteiger charge is 2.37. The van der Waals surface area contributed by atoms with Gasteiger partial charge in [-0.3, -0.25) is 4.79 Å². The molecule has 94 valence electrons. The zero-order valence-electron chi connectivity index (χ0n) is 11.2. The summed E-state index contributed by atoms with van der Waals surface area (Å²) in [6.07, 6.45) is 5.23. The average Bonchev–Trinajstić information content (AvgIpc) is 2.17. The lowest BCUT2D eigenvalue weighted by Crippen LogP contribution is -2.35. The summed E-state index contributed by atoms with van der Waals surface area (Å²) in [4.78, 5) is 12.1. The Hall–Kier alpha value is -0.370. The Labute approximate surface area is 99.8 Å². The summed E-state index contributed by atoms with van der Waals surface area (Å²) in [5, 5.41) is 0.